The molecule has 3 aromatic rings. The summed E-state index contributed by atoms with van der Waals surface area (Å²) in [4.78, 5) is 60.4. The van der Waals surface area contributed by atoms with Crippen LogP contribution in [0.5, 0.6) is 0 Å². The highest BCUT2D eigenvalue weighted by Gasteiger charge is 2.29. The molecular weight excluding hydrogens is 672 g/mol. The number of hydrogen-bond acceptors (Lipinski definition) is 8. The second-order valence-corrected chi connectivity index (χ2v) is 15.4. The Kier molecular flexibility index (Phi) is 17.9. The van der Waals surface area contributed by atoms with Crippen molar-refractivity contribution in [3.63, 3.8) is 0 Å². The molecule has 0 saturated carbocycles. The maximum atomic E-state index is 12.3. The van der Waals surface area contributed by atoms with E-state index in [1.54, 1.807) is 0 Å². The second-order valence-electron chi connectivity index (χ2n) is 15.4. The zero-order valence-electron chi connectivity index (χ0n) is 32.6. The van der Waals surface area contributed by atoms with Gasteiger partial charge in [0, 0.05) is 26.2 Å². The standard InChI is InChI=1S/C24H31NO2.C17H25NO2.2CO2/c1-18-10-11-21(17-22(18)16-19-8-6-5-7-9-19)20-12-14-25(15-13-20)23(26)27-24(2,3)4;1-13-5-7-14(8-6-13)15-9-11-18(12-10-15)16(19)20-17(2,3)4;2*2-1-3/h5-11,17,20H,12-16H2,1-4H3;5-8,15H,9-12H2,1-4H3;;. The lowest BCUT2D eigenvalue weighted by molar-refractivity contribution is -0.193. The van der Waals surface area contributed by atoms with E-state index in [4.69, 9.17) is 28.7 Å². The van der Waals surface area contributed by atoms with E-state index in [-0.39, 0.29) is 24.5 Å². The topological polar surface area (TPSA) is 127 Å². The molecule has 3 aromatic carbocycles. The predicted molar refractivity (Wildman–Crippen MR) is 201 cm³/mol. The van der Waals surface area contributed by atoms with Gasteiger partial charge in [0.05, 0.1) is 0 Å². The molecule has 2 saturated heterocycles. The van der Waals surface area contributed by atoms with Gasteiger partial charge in [0.25, 0.3) is 0 Å². The van der Waals surface area contributed by atoms with Crippen LogP contribution in [0.4, 0.5) is 9.59 Å². The highest BCUT2D eigenvalue weighted by molar-refractivity contribution is 5.68. The molecule has 0 unspecified atom stereocenters. The summed E-state index contributed by atoms with van der Waals surface area (Å²) in [7, 11) is 0. The van der Waals surface area contributed by atoms with Crippen molar-refractivity contribution in [1.29, 1.82) is 0 Å². The normalized spacial score (nSPS) is 14.7. The Balaban J connectivity index is 0.000000330. The summed E-state index contributed by atoms with van der Waals surface area (Å²) in [6.07, 6.45) is 5.12. The van der Waals surface area contributed by atoms with Gasteiger partial charge in [-0.15, -0.1) is 0 Å². The Hall–Kier alpha value is -5.04. The lowest BCUT2D eigenvalue weighted by Crippen LogP contribution is -2.41. The smallest absolute Gasteiger partial charge is 0.410 e. The molecule has 2 aliphatic heterocycles. The van der Waals surface area contributed by atoms with Gasteiger partial charge in [0.15, 0.2) is 0 Å². The second kappa shape index (κ2) is 21.5. The molecule has 2 aliphatic rings. The summed E-state index contributed by atoms with van der Waals surface area (Å²) in [5.41, 5.74) is 7.32. The summed E-state index contributed by atoms with van der Waals surface area (Å²) in [5, 5.41) is 0. The summed E-state index contributed by atoms with van der Waals surface area (Å²) in [5.74, 6) is 1.08. The minimum Gasteiger partial charge on any atom is -0.444 e. The summed E-state index contributed by atoms with van der Waals surface area (Å²) >= 11 is 0. The van der Waals surface area contributed by atoms with Crippen molar-refractivity contribution in [2.45, 2.75) is 111 Å². The Bertz CT molecular complexity index is 1620. The minimum atomic E-state index is -0.433. The number of amides is 2. The number of hydrogen-bond donors (Lipinski definition) is 0. The first-order valence-corrected chi connectivity index (χ1v) is 18.1. The highest BCUT2D eigenvalue weighted by atomic mass is 16.6. The molecule has 0 spiro atoms. The molecule has 0 N–H and O–H groups in total. The van der Waals surface area contributed by atoms with Crippen LogP contribution in [-0.4, -0.2) is 71.7 Å². The summed E-state index contributed by atoms with van der Waals surface area (Å²) < 4.78 is 10.9. The van der Waals surface area contributed by atoms with E-state index in [1.807, 2.05) is 51.3 Å². The molecule has 0 bridgehead atoms. The van der Waals surface area contributed by atoms with E-state index in [0.29, 0.717) is 11.8 Å². The highest BCUT2D eigenvalue weighted by Crippen LogP contribution is 2.31. The van der Waals surface area contributed by atoms with Crippen LogP contribution >= 0.6 is 0 Å². The van der Waals surface area contributed by atoms with Crippen molar-refractivity contribution in [2.75, 3.05) is 26.2 Å². The first kappa shape index (κ1) is 44.1. The van der Waals surface area contributed by atoms with Crippen LogP contribution in [0.2, 0.25) is 0 Å². The molecule has 0 aromatic heterocycles. The maximum Gasteiger partial charge on any atom is 0.410 e. The Morgan fingerprint density at radius 2 is 1.02 bits per heavy atom. The molecule has 0 aliphatic carbocycles. The number of carbonyl (C=O) groups excluding carboxylic acids is 6. The number of benzene rings is 3. The average Bonchev–Trinajstić information content (AvgIpc) is 3.10. The van der Waals surface area contributed by atoms with Crippen LogP contribution in [0.3, 0.4) is 0 Å². The average molecular weight is 729 g/mol. The van der Waals surface area contributed by atoms with Crippen molar-refractivity contribution in [3.8, 4) is 0 Å². The van der Waals surface area contributed by atoms with Crippen LogP contribution in [0.1, 0.15) is 112 Å². The minimum absolute atomic E-state index is 0.181. The summed E-state index contributed by atoms with van der Waals surface area (Å²) in [6, 6.07) is 26.3. The van der Waals surface area contributed by atoms with Crippen molar-refractivity contribution in [3.05, 3.63) is 106 Å². The third-order valence-electron chi connectivity index (χ3n) is 8.92. The number of nitrogens with zero attached hydrogens (tertiary/aromatic N) is 2. The Morgan fingerprint density at radius 1 is 0.623 bits per heavy atom. The van der Waals surface area contributed by atoms with Gasteiger partial charge in [-0.05, 0) is 127 Å². The lowest BCUT2D eigenvalue weighted by Gasteiger charge is -2.33. The number of aryl methyl sites for hydroxylation is 2. The van der Waals surface area contributed by atoms with Crippen molar-refractivity contribution in [1.82, 2.24) is 9.80 Å². The van der Waals surface area contributed by atoms with Gasteiger partial charge in [-0.3, -0.25) is 0 Å². The van der Waals surface area contributed by atoms with Crippen LogP contribution in [0.15, 0.2) is 72.8 Å². The van der Waals surface area contributed by atoms with Gasteiger partial charge in [-0.2, -0.15) is 19.2 Å². The Morgan fingerprint density at radius 3 is 1.43 bits per heavy atom. The van der Waals surface area contributed by atoms with Gasteiger partial charge in [-0.25, -0.2) is 9.59 Å². The fraction of sp³-hybridized carbons (Fsp3) is 0.488. The van der Waals surface area contributed by atoms with E-state index < -0.39 is 11.2 Å². The molecule has 2 heterocycles. The van der Waals surface area contributed by atoms with Crippen molar-refractivity contribution < 1.29 is 38.2 Å². The monoisotopic (exact) mass is 728 g/mol. The molecule has 0 atom stereocenters. The number of piperidine rings is 2. The largest absolute Gasteiger partial charge is 0.444 e. The molecule has 10 nitrogen and oxygen atoms in total. The zero-order valence-corrected chi connectivity index (χ0v) is 32.6. The molecule has 2 fully saturated rings. The number of carbonyl (C=O) groups is 2. The van der Waals surface area contributed by atoms with Crippen LogP contribution in [-0.2, 0) is 35.1 Å². The number of rotatable bonds is 4. The first-order valence-electron chi connectivity index (χ1n) is 18.1. The summed E-state index contributed by atoms with van der Waals surface area (Å²) in [6.45, 7) is 18.9. The van der Waals surface area contributed by atoms with Gasteiger partial charge < -0.3 is 19.3 Å². The van der Waals surface area contributed by atoms with Gasteiger partial charge in [-0.1, -0.05) is 78.4 Å². The van der Waals surface area contributed by atoms with Gasteiger partial charge in [0.2, 0.25) is 0 Å². The molecule has 2 amide bonds. The first-order chi connectivity index (χ1) is 25.0. The zero-order chi connectivity index (χ0) is 39.6. The molecule has 0 radical (unpaired) electrons. The van der Waals surface area contributed by atoms with Crippen molar-refractivity contribution in [2.24, 2.45) is 0 Å². The fourth-order valence-corrected chi connectivity index (χ4v) is 6.23. The van der Waals surface area contributed by atoms with Gasteiger partial charge >= 0.3 is 24.5 Å². The number of ether oxygens (including phenoxy) is 2. The van der Waals surface area contributed by atoms with Gasteiger partial charge in [0.1, 0.15) is 11.2 Å². The molecule has 53 heavy (non-hydrogen) atoms. The fourth-order valence-electron chi connectivity index (χ4n) is 6.23. The molecular formula is C43H56N2O8. The molecule has 10 heteroatoms. The van der Waals surface area contributed by atoms with E-state index in [2.05, 4.69) is 86.6 Å². The van der Waals surface area contributed by atoms with Crippen molar-refractivity contribution >= 4 is 24.5 Å². The SMILES string of the molecule is Cc1ccc(C2CCN(C(=O)OC(C)(C)C)CC2)cc1.Cc1ccc(C2CCN(C(=O)OC(C)(C)C)CC2)cc1Cc1ccccc1.O=C=O.O=C=O. The lowest BCUT2D eigenvalue weighted by atomic mass is 9.87. The van der Waals surface area contributed by atoms with E-state index >= 15 is 0 Å². The van der Waals surface area contributed by atoms with E-state index in [9.17, 15) is 9.59 Å². The Labute approximate surface area is 314 Å². The third-order valence-corrected chi connectivity index (χ3v) is 8.92. The quantitative estimate of drug-likeness (QED) is 0.261. The van der Waals surface area contributed by atoms with E-state index in [1.165, 1.54) is 33.4 Å². The number of likely N-dealkylation sites (tertiary alicyclic amines) is 2. The van der Waals surface area contributed by atoms with Crippen LogP contribution < -0.4 is 0 Å². The van der Waals surface area contributed by atoms with Crippen LogP contribution in [0, 0.1) is 13.8 Å². The maximum absolute atomic E-state index is 12.3. The van der Waals surface area contributed by atoms with Crippen LogP contribution in [0.25, 0.3) is 0 Å². The predicted octanol–water partition coefficient (Wildman–Crippen LogP) is 8.64. The van der Waals surface area contributed by atoms with E-state index in [0.717, 1.165) is 58.3 Å². The third kappa shape index (κ3) is 16.5. The molecule has 5 rings (SSSR count). The molecule has 286 valence electrons.